The predicted molar refractivity (Wildman–Crippen MR) is 102 cm³/mol. The SMILES string of the molecule is C=Cc1ccc(Bc2c(F)c(F)c(COCC3(CC)COC3)c(F)c2F)cc1. The molecule has 0 aliphatic carbocycles. The van der Waals surface area contributed by atoms with Gasteiger partial charge < -0.3 is 9.47 Å². The fraction of sp³-hybridized carbons (Fsp3) is 0.333. The van der Waals surface area contributed by atoms with Crippen LogP contribution in [0.15, 0.2) is 30.8 Å². The van der Waals surface area contributed by atoms with Gasteiger partial charge in [-0.25, -0.2) is 17.6 Å². The maximum Gasteiger partial charge on any atom is 0.200 e. The van der Waals surface area contributed by atoms with Crippen molar-refractivity contribution >= 4 is 24.3 Å². The second-order valence-corrected chi connectivity index (χ2v) is 7.17. The third kappa shape index (κ3) is 4.01. The Balaban J connectivity index is 1.79. The zero-order valence-corrected chi connectivity index (χ0v) is 15.7. The molecule has 0 saturated carbocycles. The molecule has 148 valence electrons. The molecule has 0 spiro atoms. The van der Waals surface area contributed by atoms with Crippen molar-refractivity contribution in [2.24, 2.45) is 5.41 Å². The molecule has 2 aromatic carbocycles. The van der Waals surface area contributed by atoms with E-state index in [1.165, 1.54) is 0 Å². The van der Waals surface area contributed by atoms with Gasteiger partial charge >= 0.3 is 0 Å². The number of hydrogen-bond acceptors (Lipinski definition) is 2. The number of ether oxygens (including phenoxy) is 2. The first-order valence-electron chi connectivity index (χ1n) is 9.11. The Morgan fingerprint density at radius 2 is 1.68 bits per heavy atom. The predicted octanol–water partition coefficient (Wildman–Crippen LogP) is 3.22. The summed E-state index contributed by atoms with van der Waals surface area (Å²) >= 11 is 0. The van der Waals surface area contributed by atoms with E-state index < -0.39 is 40.9 Å². The van der Waals surface area contributed by atoms with Crippen molar-refractivity contribution in [2.75, 3.05) is 19.8 Å². The molecule has 7 heteroatoms. The van der Waals surface area contributed by atoms with Crippen molar-refractivity contribution in [1.29, 1.82) is 0 Å². The molecule has 0 radical (unpaired) electrons. The van der Waals surface area contributed by atoms with E-state index in [0.29, 0.717) is 18.7 Å². The van der Waals surface area contributed by atoms with Crippen molar-refractivity contribution in [3.8, 4) is 0 Å². The fourth-order valence-electron chi connectivity index (χ4n) is 3.13. The third-order valence-corrected chi connectivity index (χ3v) is 5.26. The lowest BCUT2D eigenvalue weighted by molar-refractivity contribution is -0.152. The molecule has 28 heavy (non-hydrogen) atoms. The molecule has 2 nitrogen and oxygen atoms in total. The molecule has 0 atom stereocenters. The maximum atomic E-state index is 14.5. The average Bonchev–Trinajstić information content (AvgIpc) is 2.68. The summed E-state index contributed by atoms with van der Waals surface area (Å²) in [6, 6.07) is 6.68. The summed E-state index contributed by atoms with van der Waals surface area (Å²) in [5.41, 5.74) is -0.200. The van der Waals surface area contributed by atoms with Gasteiger partial charge in [-0.15, -0.1) is 0 Å². The Morgan fingerprint density at radius 1 is 1.07 bits per heavy atom. The first kappa shape index (κ1) is 20.6. The van der Waals surface area contributed by atoms with Crippen LogP contribution in [-0.4, -0.2) is 27.1 Å². The summed E-state index contributed by atoms with van der Waals surface area (Å²) < 4.78 is 68.3. The van der Waals surface area contributed by atoms with Crippen molar-refractivity contribution < 1.29 is 27.0 Å². The van der Waals surface area contributed by atoms with Gasteiger partial charge in [-0.1, -0.05) is 49.3 Å². The molecule has 0 amide bonds. The molecule has 0 unspecified atom stereocenters. The molecule has 0 bridgehead atoms. The van der Waals surface area contributed by atoms with Crippen LogP contribution in [0, 0.1) is 28.7 Å². The topological polar surface area (TPSA) is 18.5 Å². The number of halogens is 4. The number of benzene rings is 2. The largest absolute Gasteiger partial charge is 0.380 e. The summed E-state index contributed by atoms with van der Waals surface area (Å²) in [4.78, 5) is 0. The molecule has 3 rings (SSSR count). The third-order valence-electron chi connectivity index (χ3n) is 5.26. The highest BCUT2D eigenvalue weighted by molar-refractivity contribution is 6.67. The molecule has 2 aromatic rings. The van der Waals surface area contributed by atoms with Gasteiger partial charge in [0.1, 0.15) is 0 Å². The second kappa shape index (κ2) is 8.49. The molecule has 1 fully saturated rings. The van der Waals surface area contributed by atoms with Crippen molar-refractivity contribution in [3.63, 3.8) is 0 Å². The highest BCUT2D eigenvalue weighted by Crippen LogP contribution is 2.32. The van der Waals surface area contributed by atoms with E-state index in [9.17, 15) is 17.6 Å². The quantitative estimate of drug-likeness (QED) is 0.390. The van der Waals surface area contributed by atoms with Crippen LogP contribution in [0.4, 0.5) is 17.6 Å². The van der Waals surface area contributed by atoms with Crippen molar-refractivity contribution in [1.82, 2.24) is 0 Å². The van der Waals surface area contributed by atoms with Crippen LogP contribution in [0.5, 0.6) is 0 Å². The van der Waals surface area contributed by atoms with Crippen LogP contribution >= 0.6 is 0 Å². The fourth-order valence-corrected chi connectivity index (χ4v) is 3.13. The molecule has 1 aliphatic rings. The first-order valence-corrected chi connectivity index (χ1v) is 9.11. The van der Waals surface area contributed by atoms with Gasteiger partial charge in [0.05, 0.1) is 32.0 Å². The lowest BCUT2D eigenvalue weighted by Gasteiger charge is -2.40. The summed E-state index contributed by atoms with van der Waals surface area (Å²) in [6.45, 7) is 6.26. The molecule has 0 N–H and O–H groups in total. The van der Waals surface area contributed by atoms with E-state index in [4.69, 9.17) is 9.47 Å². The van der Waals surface area contributed by atoms with Gasteiger partial charge in [0, 0.05) is 5.41 Å². The molecule has 1 heterocycles. The molecule has 1 saturated heterocycles. The van der Waals surface area contributed by atoms with E-state index in [1.807, 2.05) is 6.92 Å². The Hall–Kier alpha value is -2.12. The van der Waals surface area contributed by atoms with Gasteiger partial charge in [0.25, 0.3) is 0 Å². The van der Waals surface area contributed by atoms with Gasteiger partial charge in [-0.3, -0.25) is 0 Å². The minimum atomic E-state index is -1.41. The van der Waals surface area contributed by atoms with E-state index in [-0.39, 0.29) is 19.3 Å². The smallest absolute Gasteiger partial charge is 0.200 e. The number of hydrogen-bond donors (Lipinski definition) is 0. The van der Waals surface area contributed by atoms with Gasteiger partial charge in [0.15, 0.2) is 30.5 Å². The first-order chi connectivity index (χ1) is 13.4. The average molecular weight is 392 g/mol. The zero-order chi connectivity index (χ0) is 20.3. The summed E-state index contributed by atoms with van der Waals surface area (Å²) in [5.74, 6) is -5.59. The molecular formula is C21H21BF4O2. The highest BCUT2D eigenvalue weighted by atomic mass is 19.2. The van der Waals surface area contributed by atoms with Crippen LogP contribution in [0.3, 0.4) is 0 Å². The van der Waals surface area contributed by atoms with Crippen LogP contribution in [0.2, 0.25) is 0 Å². The van der Waals surface area contributed by atoms with E-state index >= 15 is 0 Å². The summed E-state index contributed by atoms with van der Waals surface area (Å²) in [7, 11) is -0.264. The normalized spacial score (nSPS) is 15.2. The number of rotatable bonds is 8. The second-order valence-electron chi connectivity index (χ2n) is 7.17. The Morgan fingerprint density at radius 3 is 2.14 bits per heavy atom. The lowest BCUT2D eigenvalue weighted by atomic mass is 9.63. The molecule has 1 aliphatic heterocycles. The maximum absolute atomic E-state index is 14.5. The Kier molecular flexibility index (Phi) is 6.25. The Bertz CT molecular complexity index is 829. The highest BCUT2D eigenvalue weighted by Gasteiger charge is 2.37. The zero-order valence-electron chi connectivity index (χ0n) is 15.7. The van der Waals surface area contributed by atoms with Gasteiger partial charge in [-0.2, -0.15) is 0 Å². The molecule has 0 aromatic heterocycles. The van der Waals surface area contributed by atoms with Gasteiger partial charge in [0.2, 0.25) is 0 Å². The standard InChI is InChI=1S/C21H21BF4O2/c1-3-13-5-7-14(8-6-13)22-16-19(25)17(23)15(18(24)20(16)26)9-27-10-21(4-2)11-28-12-21/h3,5-8,22H,1,4,9-12H2,2H3. The van der Waals surface area contributed by atoms with E-state index in [2.05, 4.69) is 6.58 Å². The van der Waals surface area contributed by atoms with E-state index in [1.54, 1.807) is 30.3 Å². The van der Waals surface area contributed by atoms with E-state index in [0.717, 1.165) is 12.0 Å². The summed E-state index contributed by atoms with van der Waals surface area (Å²) in [5, 5.41) is 0. The lowest BCUT2D eigenvalue weighted by Crippen LogP contribution is -2.45. The summed E-state index contributed by atoms with van der Waals surface area (Å²) in [6.07, 6.45) is 2.40. The minimum absolute atomic E-state index is 0.193. The van der Waals surface area contributed by atoms with Crippen LogP contribution in [0.1, 0.15) is 24.5 Å². The van der Waals surface area contributed by atoms with Crippen molar-refractivity contribution in [3.05, 3.63) is 65.2 Å². The Labute approximate surface area is 162 Å². The van der Waals surface area contributed by atoms with Crippen LogP contribution in [0.25, 0.3) is 6.08 Å². The van der Waals surface area contributed by atoms with Crippen molar-refractivity contribution in [2.45, 2.75) is 20.0 Å². The van der Waals surface area contributed by atoms with Gasteiger partial charge in [-0.05, 0) is 17.4 Å². The molecular weight excluding hydrogens is 371 g/mol. The van der Waals surface area contributed by atoms with Crippen LogP contribution < -0.4 is 10.9 Å². The minimum Gasteiger partial charge on any atom is -0.380 e. The van der Waals surface area contributed by atoms with Crippen LogP contribution in [-0.2, 0) is 16.1 Å². The monoisotopic (exact) mass is 392 g/mol.